The van der Waals surface area contributed by atoms with Crippen LogP contribution in [0.4, 0.5) is 5.69 Å². The van der Waals surface area contributed by atoms with Crippen molar-refractivity contribution < 1.29 is 0 Å². The van der Waals surface area contributed by atoms with Crippen LogP contribution in [0.15, 0.2) is 35.7 Å². The van der Waals surface area contributed by atoms with Gasteiger partial charge in [0.2, 0.25) is 0 Å². The first kappa shape index (κ1) is 11.3. The molecule has 0 bridgehead atoms. The van der Waals surface area contributed by atoms with Crippen LogP contribution >= 0.6 is 11.3 Å². The predicted octanol–water partition coefficient (Wildman–Crippen LogP) is 3.21. The number of nitriles is 1. The van der Waals surface area contributed by atoms with Gasteiger partial charge in [-0.25, -0.2) is 0 Å². The van der Waals surface area contributed by atoms with E-state index in [1.165, 1.54) is 0 Å². The van der Waals surface area contributed by atoms with Gasteiger partial charge in [-0.3, -0.25) is 0 Å². The zero-order valence-corrected chi connectivity index (χ0v) is 9.92. The van der Waals surface area contributed by atoms with Gasteiger partial charge in [-0.15, -0.1) is 17.8 Å². The summed E-state index contributed by atoms with van der Waals surface area (Å²) in [4.78, 5) is 1.13. The molecule has 0 aliphatic heterocycles. The smallest absolute Gasteiger partial charge is 0.100 e. The lowest BCUT2D eigenvalue weighted by molar-refractivity contribution is 1.19. The lowest BCUT2D eigenvalue weighted by Gasteiger charge is -2.04. The van der Waals surface area contributed by atoms with E-state index in [9.17, 15) is 0 Å². The molecule has 3 heteroatoms. The molecule has 82 valence electrons. The van der Waals surface area contributed by atoms with Crippen molar-refractivity contribution in [2.24, 2.45) is 0 Å². The number of hydrogen-bond acceptors (Lipinski definition) is 3. The molecule has 0 saturated heterocycles. The third-order valence-electron chi connectivity index (χ3n) is 2.28. The summed E-state index contributed by atoms with van der Waals surface area (Å²) in [5.41, 5.74) is 2.57. The van der Waals surface area contributed by atoms with Crippen molar-refractivity contribution in [3.63, 3.8) is 0 Å². The Morgan fingerprint density at radius 3 is 2.88 bits per heavy atom. The predicted molar refractivity (Wildman–Crippen MR) is 70.7 cm³/mol. The number of benzene rings is 1. The van der Waals surface area contributed by atoms with Gasteiger partial charge < -0.3 is 5.32 Å². The molecule has 0 amide bonds. The van der Waals surface area contributed by atoms with Crippen LogP contribution in [-0.2, 0) is 6.54 Å². The Hall–Kier alpha value is -2.23. The fourth-order valence-electron chi connectivity index (χ4n) is 1.44. The van der Waals surface area contributed by atoms with Crippen molar-refractivity contribution in [1.82, 2.24) is 0 Å². The summed E-state index contributed by atoms with van der Waals surface area (Å²) in [7, 11) is 0. The fourth-order valence-corrected chi connectivity index (χ4v) is 2.19. The van der Waals surface area contributed by atoms with Gasteiger partial charge in [0.15, 0.2) is 0 Å². The Morgan fingerprint density at radius 1 is 1.29 bits per heavy atom. The summed E-state index contributed by atoms with van der Waals surface area (Å²) in [6, 6.07) is 11.7. The molecule has 2 nitrogen and oxygen atoms in total. The highest BCUT2D eigenvalue weighted by Gasteiger charge is 1.99. The van der Waals surface area contributed by atoms with E-state index in [2.05, 4.69) is 17.3 Å². The molecule has 17 heavy (non-hydrogen) atoms. The first-order valence-electron chi connectivity index (χ1n) is 5.10. The first-order chi connectivity index (χ1) is 8.31. The van der Waals surface area contributed by atoms with Gasteiger partial charge in [-0.05, 0) is 24.3 Å². The number of terminal acetylenes is 1. The fraction of sp³-hybridized carbons (Fsp3) is 0.0714. The first-order valence-corrected chi connectivity index (χ1v) is 5.98. The van der Waals surface area contributed by atoms with E-state index in [1.54, 1.807) is 11.3 Å². The Balaban J connectivity index is 2.03. The molecule has 0 saturated carbocycles. The van der Waals surface area contributed by atoms with Gasteiger partial charge in [-0.2, -0.15) is 5.26 Å². The number of nitrogens with one attached hydrogen (secondary N) is 1. The second kappa shape index (κ2) is 5.21. The number of hydrogen-bond donors (Lipinski definition) is 1. The van der Waals surface area contributed by atoms with Gasteiger partial charge in [0.05, 0.1) is 5.56 Å². The Kier molecular flexibility index (Phi) is 3.45. The molecule has 2 aromatic rings. The third kappa shape index (κ3) is 2.87. The molecule has 0 spiro atoms. The van der Waals surface area contributed by atoms with Crippen LogP contribution in [0.3, 0.4) is 0 Å². The van der Waals surface area contributed by atoms with Crippen molar-refractivity contribution in [2.75, 3.05) is 5.32 Å². The average Bonchev–Trinajstić information content (AvgIpc) is 2.84. The van der Waals surface area contributed by atoms with E-state index < -0.39 is 0 Å². The molecular weight excluding hydrogens is 228 g/mol. The number of rotatable bonds is 3. The molecule has 0 radical (unpaired) electrons. The second-order valence-corrected chi connectivity index (χ2v) is 4.49. The Labute approximate surface area is 105 Å². The second-order valence-electron chi connectivity index (χ2n) is 3.49. The van der Waals surface area contributed by atoms with E-state index in [1.807, 2.05) is 35.7 Å². The quantitative estimate of drug-likeness (QED) is 0.833. The van der Waals surface area contributed by atoms with Crippen molar-refractivity contribution in [3.8, 4) is 18.4 Å². The van der Waals surface area contributed by atoms with E-state index in [-0.39, 0.29) is 0 Å². The molecule has 1 aromatic heterocycles. The largest absolute Gasteiger partial charge is 0.380 e. The normalized spacial score (nSPS) is 9.29. The van der Waals surface area contributed by atoms with Crippen LogP contribution in [0.2, 0.25) is 0 Å². The highest BCUT2D eigenvalue weighted by Crippen LogP contribution is 2.16. The van der Waals surface area contributed by atoms with Gasteiger partial charge in [0, 0.05) is 28.1 Å². The zero-order chi connectivity index (χ0) is 12.1. The SMILES string of the molecule is C#Cc1cccc(NCc2cc(C#N)cs2)c1. The Bertz CT molecular complexity index is 599. The molecular formula is C14H10N2S. The minimum atomic E-state index is 0.709. The minimum Gasteiger partial charge on any atom is -0.380 e. The van der Waals surface area contributed by atoms with Crippen molar-refractivity contribution in [2.45, 2.75) is 6.54 Å². The molecule has 2 rings (SSSR count). The van der Waals surface area contributed by atoms with E-state index in [4.69, 9.17) is 11.7 Å². The molecule has 0 fully saturated rings. The van der Waals surface area contributed by atoms with Gasteiger partial charge in [0.1, 0.15) is 6.07 Å². The van der Waals surface area contributed by atoms with E-state index in [0.29, 0.717) is 12.1 Å². The lowest BCUT2D eigenvalue weighted by atomic mass is 10.2. The van der Waals surface area contributed by atoms with Crippen molar-refractivity contribution in [3.05, 3.63) is 51.7 Å². The minimum absolute atomic E-state index is 0.709. The highest BCUT2D eigenvalue weighted by molar-refractivity contribution is 7.10. The van der Waals surface area contributed by atoms with Crippen molar-refractivity contribution >= 4 is 17.0 Å². The summed E-state index contributed by atoms with van der Waals surface area (Å²) >= 11 is 1.58. The van der Waals surface area contributed by atoms with Crippen LogP contribution in [-0.4, -0.2) is 0 Å². The molecule has 0 unspecified atom stereocenters. The van der Waals surface area contributed by atoms with Gasteiger partial charge in [0.25, 0.3) is 0 Å². The third-order valence-corrected chi connectivity index (χ3v) is 3.22. The van der Waals surface area contributed by atoms with Gasteiger partial charge >= 0.3 is 0 Å². The Morgan fingerprint density at radius 2 is 2.18 bits per heavy atom. The summed E-state index contributed by atoms with van der Waals surface area (Å²) in [5.74, 6) is 2.60. The number of nitrogens with zero attached hydrogens (tertiary/aromatic N) is 1. The molecule has 0 aliphatic carbocycles. The van der Waals surface area contributed by atoms with E-state index >= 15 is 0 Å². The maximum Gasteiger partial charge on any atom is 0.100 e. The monoisotopic (exact) mass is 238 g/mol. The standard InChI is InChI=1S/C14H10N2S/c1-2-11-4-3-5-13(6-11)16-9-14-7-12(8-15)10-17-14/h1,3-7,10,16H,9H2. The number of anilines is 1. The van der Waals surface area contributed by atoms with Crippen LogP contribution in [0.25, 0.3) is 0 Å². The summed E-state index contributed by atoms with van der Waals surface area (Å²) in [6.45, 7) is 0.709. The molecule has 0 atom stereocenters. The molecule has 1 aromatic carbocycles. The van der Waals surface area contributed by atoms with E-state index in [0.717, 1.165) is 16.1 Å². The molecule has 1 heterocycles. The highest BCUT2D eigenvalue weighted by atomic mass is 32.1. The molecule has 0 aliphatic rings. The average molecular weight is 238 g/mol. The maximum atomic E-state index is 8.72. The van der Waals surface area contributed by atoms with Crippen molar-refractivity contribution in [1.29, 1.82) is 5.26 Å². The topological polar surface area (TPSA) is 35.8 Å². The van der Waals surface area contributed by atoms with Crippen LogP contribution in [0.5, 0.6) is 0 Å². The summed E-state index contributed by atoms with van der Waals surface area (Å²) in [6.07, 6.45) is 5.34. The zero-order valence-electron chi connectivity index (χ0n) is 9.10. The lowest BCUT2D eigenvalue weighted by Crippen LogP contribution is -1.97. The van der Waals surface area contributed by atoms with Gasteiger partial charge in [-0.1, -0.05) is 12.0 Å². The molecule has 1 N–H and O–H groups in total. The maximum absolute atomic E-state index is 8.72. The van der Waals surface area contributed by atoms with Crippen LogP contribution in [0.1, 0.15) is 16.0 Å². The summed E-state index contributed by atoms with van der Waals surface area (Å²) in [5, 5.41) is 13.9. The summed E-state index contributed by atoms with van der Waals surface area (Å²) < 4.78 is 0. The van der Waals surface area contributed by atoms with Crippen LogP contribution < -0.4 is 5.32 Å². The number of thiophene rings is 1. The van der Waals surface area contributed by atoms with Crippen LogP contribution in [0, 0.1) is 23.7 Å².